The van der Waals surface area contributed by atoms with Crippen LogP contribution < -0.4 is 10.2 Å². The molecular weight excluding hydrogens is 260 g/mol. The van der Waals surface area contributed by atoms with Crippen molar-refractivity contribution in [3.8, 4) is 0 Å². The molecule has 0 aliphatic rings. The van der Waals surface area contributed by atoms with Crippen LogP contribution in [0.5, 0.6) is 0 Å². The van der Waals surface area contributed by atoms with Crippen LogP contribution in [0.15, 0.2) is 36.7 Å². The van der Waals surface area contributed by atoms with Gasteiger partial charge in [-0.1, -0.05) is 19.1 Å². The van der Waals surface area contributed by atoms with Crippen molar-refractivity contribution < 1.29 is 0 Å². The summed E-state index contributed by atoms with van der Waals surface area (Å²) in [6, 6.07) is 9.12. The van der Waals surface area contributed by atoms with Gasteiger partial charge in [0.05, 0.1) is 0 Å². The summed E-state index contributed by atoms with van der Waals surface area (Å²) in [6.07, 6.45) is 5.90. The highest BCUT2D eigenvalue weighted by atomic mass is 15.1. The third kappa shape index (κ3) is 4.08. The van der Waals surface area contributed by atoms with Crippen LogP contribution in [0.3, 0.4) is 0 Å². The summed E-state index contributed by atoms with van der Waals surface area (Å²) < 4.78 is 2.10. The topological polar surface area (TPSA) is 33.1 Å². The first kappa shape index (κ1) is 15.6. The molecule has 2 aromatic rings. The van der Waals surface area contributed by atoms with Gasteiger partial charge in [-0.05, 0) is 30.7 Å². The summed E-state index contributed by atoms with van der Waals surface area (Å²) >= 11 is 0. The number of benzene rings is 1. The molecule has 0 aliphatic carbocycles. The molecule has 1 heterocycles. The summed E-state index contributed by atoms with van der Waals surface area (Å²) in [5, 5.41) is 3.59. The van der Waals surface area contributed by atoms with Gasteiger partial charge in [0.1, 0.15) is 5.82 Å². The average molecular weight is 286 g/mol. The zero-order chi connectivity index (χ0) is 15.2. The first-order valence-electron chi connectivity index (χ1n) is 7.58. The molecule has 0 bridgehead atoms. The number of aryl methyl sites for hydroxylation is 2. The quantitative estimate of drug-likeness (QED) is 0.849. The van der Waals surface area contributed by atoms with Crippen LogP contribution in [0.1, 0.15) is 30.8 Å². The number of hydrogen-bond acceptors (Lipinski definition) is 3. The highest BCUT2D eigenvalue weighted by molar-refractivity contribution is 5.47. The fraction of sp³-hybridized carbons (Fsp3) is 0.471. The zero-order valence-electron chi connectivity index (χ0n) is 13.5. The second-order valence-electron chi connectivity index (χ2n) is 5.59. The maximum absolute atomic E-state index is 4.41. The number of rotatable bonds is 7. The summed E-state index contributed by atoms with van der Waals surface area (Å²) in [5.74, 6) is 1.14. The monoisotopic (exact) mass is 286 g/mol. The summed E-state index contributed by atoms with van der Waals surface area (Å²) in [5.41, 5.74) is 2.59. The Balaban J connectivity index is 2.11. The van der Waals surface area contributed by atoms with Crippen molar-refractivity contribution in [3.63, 3.8) is 0 Å². The SMILES string of the molecule is CCNC(CCc1nccn1C)c1cccc(N(C)C)c1. The highest BCUT2D eigenvalue weighted by Crippen LogP contribution is 2.23. The second kappa shape index (κ2) is 7.27. The largest absolute Gasteiger partial charge is 0.378 e. The zero-order valence-corrected chi connectivity index (χ0v) is 13.5. The molecule has 1 atom stereocenters. The van der Waals surface area contributed by atoms with Crippen LogP contribution in [-0.4, -0.2) is 30.2 Å². The Kier molecular flexibility index (Phi) is 5.39. The molecule has 4 heteroatoms. The number of nitrogens with zero attached hydrogens (tertiary/aromatic N) is 3. The fourth-order valence-corrected chi connectivity index (χ4v) is 2.56. The lowest BCUT2D eigenvalue weighted by Gasteiger charge is -2.21. The van der Waals surface area contributed by atoms with Crippen LogP contribution in [-0.2, 0) is 13.5 Å². The van der Waals surface area contributed by atoms with E-state index in [-0.39, 0.29) is 0 Å². The number of hydrogen-bond donors (Lipinski definition) is 1. The molecule has 0 radical (unpaired) electrons. The van der Waals surface area contributed by atoms with Gasteiger partial charge in [0.2, 0.25) is 0 Å². The van der Waals surface area contributed by atoms with Gasteiger partial charge in [0.15, 0.2) is 0 Å². The number of aromatic nitrogens is 2. The molecule has 0 aliphatic heterocycles. The molecule has 0 saturated carbocycles. The molecular formula is C17H26N4. The van der Waals surface area contributed by atoms with E-state index in [4.69, 9.17) is 0 Å². The van der Waals surface area contributed by atoms with Gasteiger partial charge in [0, 0.05) is 51.7 Å². The minimum Gasteiger partial charge on any atom is -0.378 e. The minimum absolute atomic E-state index is 0.367. The molecule has 0 fully saturated rings. The van der Waals surface area contributed by atoms with Gasteiger partial charge in [-0.2, -0.15) is 0 Å². The molecule has 0 saturated heterocycles. The van der Waals surface area contributed by atoms with E-state index >= 15 is 0 Å². The average Bonchev–Trinajstić information content (AvgIpc) is 2.89. The summed E-state index contributed by atoms with van der Waals surface area (Å²) in [4.78, 5) is 6.56. The fourth-order valence-electron chi connectivity index (χ4n) is 2.56. The van der Waals surface area contributed by atoms with Crippen LogP contribution in [0, 0.1) is 0 Å². The molecule has 1 unspecified atom stereocenters. The Labute approximate surface area is 127 Å². The van der Waals surface area contributed by atoms with E-state index in [0.29, 0.717) is 6.04 Å². The smallest absolute Gasteiger partial charge is 0.108 e. The molecule has 1 aromatic carbocycles. The van der Waals surface area contributed by atoms with Gasteiger partial charge in [0.25, 0.3) is 0 Å². The van der Waals surface area contributed by atoms with Crippen molar-refractivity contribution in [1.29, 1.82) is 0 Å². The Hall–Kier alpha value is -1.81. The summed E-state index contributed by atoms with van der Waals surface area (Å²) in [6.45, 7) is 3.13. The molecule has 21 heavy (non-hydrogen) atoms. The van der Waals surface area contributed by atoms with Crippen LogP contribution in [0.4, 0.5) is 5.69 Å². The first-order chi connectivity index (χ1) is 10.1. The highest BCUT2D eigenvalue weighted by Gasteiger charge is 2.12. The van der Waals surface area contributed by atoms with E-state index in [1.165, 1.54) is 11.3 Å². The predicted molar refractivity (Wildman–Crippen MR) is 88.7 cm³/mol. The van der Waals surface area contributed by atoms with E-state index in [0.717, 1.165) is 25.2 Å². The lowest BCUT2D eigenvalue weighted by molar-refractivity contribution is 0.506. The van der Waals surface area contributed by atoms with Crippen molar-refractivity contribution >= 4 is 5.69 Å². The van der Waals surface area contributed by atoms with E-state index in [1.54, 1.807) is 0 Å². The van der Waals surface area contributed by atoms with Gasteiger partial charge >= 0.3 is 0 Å². The lowest BCUT2D eigenvalue weighted by atomic mass is 10.0. The van der Waals surface area contributed by atoms with Crippen LogP contribution >= 0.6 is 0 Å². The number of imidazole rings is 1. The van der Waals surface area contributed by atoms with Crippen molar-refractivity contribution in [1.82, 2.24) is 14.9 Å². The van der Waals surface area contributed by atoms with Crippen LogP contribution in [0.2, 0.25) is 0 Å². The Morgan fingerprint density at radius 2 is 2.14 bits per heavy atom. The van der Waals surface area contributed by atoms with Crippen LogP contribution in [0.25, 0.3) is 0 Å². The maximum atomic E-state index is 4.41. The molecule has 0 spiro atoms. The summed E-state index contributed by atoms with van der Waals surface area (Å²) in [7, 11) is 6.21. The minimum atomic E-state index is 0.367. The van der Waals surface area contributed by atoms with E-state index in [9.17, 15) is 0 Å². The van der Waals surface area contributed by atoms with Crippen molar-refractivity contribution in [2.24, 2.45) is 7.05 Å². The van der Waals surface area contributed by atoms with Crippen molar-refractivity contribution in [2.75, 3.05) is 25.5 Å². The van der Waals surface area contributed by atoms with Crippen molar-refractivity contribution in [3.05, 3.63) is 48.0 Å². The van der Waals surface area contributed by atoms with Gasteiger partial charge in [-0.25, -0.2) is 4.98 Å². The molecule has 4 nitrogen and oxygen atoms in total. The number of nitrogens with one attached hydrogen (secondary N) is 1. The van der Waals surface area contributed by atoms with Gasteiger partial charge < -0.3 is 14.8 Å². The molecule has 114 valence electrons. The third-order valence-electron chi connectivity index (χ3n) is 3.82. The second-order valence-corrected chi connectivity index (χ2v) is 5.59. The van der Waals surface area contributed by atoms with Crippen molar-refractivity contribution in [2.45, 2.75) is 25.8 Å². The van der Waals surface area contributed by atoms with Gasteiger partial charge in [-0.3, -0.25) is 0 Å². The standard InChI is InChI=1S/C17H26N4/c1-5-18-16(9-10-17-19-11-12-21(17)4)14-7-6-8-15(13-14)20(2)3/h6-8,11-13,16,18H,5,9-10H2,1-4H3. The Morgan fingerprint density at radius 3 is 2.76 bits per heavy atom. The molecule has 1 N–H and O–H groups in total. The predicted octanol–water partition coefficient (Wildman–Crippen LogP) is 2.77. The molecule has 1 aromatic heterocycles. The normalized spacial score (nSPS) is 12.4. The number of anilines is 1. The molecule has 2 rings (SSSR count). The van der Waals surface area contributed by atoms with Gasteiger partial charge in [-0.15, -0.1) is 0 Å². The third-order valence-corrected chi connectivity index (χ3v) is 3.82. The Bertz CT molecular complexity index is 559. The maximum Gasteiger partial charge on any atom is 0.108 e. The van der Waals surface area contributed by atoms with E-state index < -0.39 is 0 Å². The Morgan fingerprint density at radius 1 is 1.33 bits per heavy atom. The van der Waals surface area contributed by atoms with E-state index in [2.05, 4.69) is 72.1 Å². The molecule has 0 amide bonds. The van der Waals surface area contributed by atoms with E-state index in [1.807, 2.05) is 12.4 Å². The first-order valence-corrected chi connectivity index (χ1v) is 7.58. The lowest BCUT2D eigenvalue weighted by Crippen LogP contribution is -2.22.